The summed E-state index contributed by atoms with van der Waals surface area (Å²) in [5.74, 6) is -1.80. The van der Waals surface area contributed by atoms with E-state index in [1.54, 1.807) is 6.08 Å². The van der Waals surface area contributed by atoms with E-state index >= 15 is 0 Å². The standard InChI is InChI=1S/C19H24O6/c1-11-5-4-6-14(10-21)8-16-17(13(3)19(23)25-16)15(7-11)24-18(22)12(2)9-20/h5,8,15-17,20-21H,2-4,6-7,9-10H2,1H3/b11-5-,14-8?. The molecule has 2 rings (SSSR count). The molecule has 0 amide bonds. The highest BCUT2D eigenvalue weighted by Gasteiger charge is 2.44. The third kappa shape index (κ3) is 4.46. The van der Waals surface area contributed by atoms with Crippen molar-refractivity contribution in [3.63, 3.8) is 0 Å². The normalized spacial score (nSPS) is 29.0. The highest BCUT2D eigenvalue weighted by Crippen LogP contribution is 2.36. The van der Waals surface area contributed by atoms with Gasteiger partial charge in [-0.15, -0.1) is 0 Å². The topological polar surface area (TPSA) is 93.1 Å². The molecule has 136 valence electrons. The van der Waals surface area contributed by atoms with Crippen LogP contribution in [0.4, 0.5) is 0 Å². The fourth-order valence-electron chi connectivity index (χ4n) is 3.06. The Labute approximate surface area is 147 Å². The SMILES string of the molecule is C=C(CO)C(=O)OC1C/C(C)=C\CCC(CO)=CC2OC(=O)C(=C)C21. The van der Waals surface area contributed by atoms with Gasteiger partial charge >= 0.3 is 11.9 Å². The average molecular weight is 348 g/mol. The maximum Gasteiger partial charge on any atom is 0.336 e. The van der Waals surface area contributed by atoms with Crippen LogP contribution in [0.5, 0.6) is 0 Å². The number of rotatable bonds is 4. The Bertz CT molecular complexity index is 642. The van der Waals surface area contributed by atoms with Gasteiger partial charge in [0.1, 0.15) is 12.2 Å². The number of esters is 2. The van der Waals surface area contributed by atoms with Gasteiger partial charge in [0, 0.05) is 12.0 Å². The zero-order chi connectivity index (χ0) is 18.6. The van der Waals surface area contributed by atoms with Crippen LogP contribution < -0.4 is 0 Å². The van der Waals surface area contributed by atoms with E-state index in [2.05, 4.69) is 13.2 Å². The highest BCUT2D eigenvalue weighted by atomic mass is 16.6. The van der Waals surface area contributed by atoms with E-state index in [4.69, 9.17) is 14.6 Å². The van der Waals surface area contributed by atoms with Crippen molar-refractivity contribution in [2.45, 2.75) is 38.4 Å². The minimum absolute atomic E-state index is 0.0577. The minimum Gasteiger partial charge on any atom is -0.458 e. The monoisotopic (exact) mass is 348 g/mol. The highest BCUT2D eigenvalue weighted by molar-refractivity contribution is 5.92. The van der Waals surface area contributed by atoms with Crippen LogP contribution >= 0.6 is 0 Å². The molecule has 1 aliphatic heterocycles. The van der Waals surface area contributed by atoms with Crippen LogP contribution in [-0.4, -0.2) is 47.6 Å². The first kappa shape index (κ1) is 19.1. The van der Waals surface area contributed by atoms with E-state index in [1.165, 1.54) is 0 Å². The summed E-state index contributed by atoms with van der Waals surface area (Å²) in [5, 5.41) is 18.6. The first-order valence-corrected chi connectivity index (χ1v) is 8.22. The van der Waals surface area contributed by atoms with Crippen molar-refractivity contribution in [2.24, 2.45) is 5.92 Å². The maximum absolute atomic E-state index is 12.1. The van der Waals surface area contributed by atoms with Gasteiger partial charge in [0.15, 0.2) is 0 Å². The average Bonchev–Trinajstić information content (AvgIpc) is 2.86. The number of allylic oxidation sites excluding steroid dienone is 1. The number of ether oxygens (including phenoxy) is 2. The number of fused-ring (bicyclic) bond motifs is 1. The Morgan fingerprint density at radius 2 is 2.16 bits per heavy atom. The van der Waals surface area contributed by atoms with E-state index in [9.17, 15) is 14.7 Å². The van der Waals surface area contributed by atoms with Crippen LogP contribution in [0.15, 0.2) is 47.6 Å². The van der Waals surface area contributed by atoms with Crippen molar-refractivity contribution in [2.75, 3.05) is 13.2 Å². The summed E-state index contributed by atoms with van der Waals surface area (Å²) < 4.78 is 10.9. The predicted molar refractivity (Wildman–Crippen MR) is 91.4 cm³/mol. The summed E-state index contributed by atoms with van der Waals surface area (Å²) in [4.78, 5) is 24.1. The number of carbonyl (C=O) groups is 2. The van der Waals surface area contributed by atoms with Crippen LogP contribution in [0, 0.1) is 5.92 Å². The fourth-order valence-corrected chi connectivity index (χ4v) is 3.06. The number of aliphatic hydroxyl groups excluding tert-OH is 2. The van der Waals surface area contributed by atoms with Crippen molar-refractivity contribution in [3.05, 3.63) is 47.6 Å². The first-order chi connectivity index (χ1) is 11.9. The third-order valence-corrected chi connectivity index (χ3v) is 4.48. The molecule has 6 nitrogen and oxygen atoms in total. The second kappa shape index (κ2) is 8.27. The molecule has 6 heteroatoms. The summed E-state index contributed by atoms with van der Waals surface area (Å²) in [5.41, 5.74) is 1.93. The molecule has 0 aromatic carbocycles. The number of hydrogen-bond donors (Lipinski definition) is 2. The molecular formula is C19H24O6. The molecule has 0 spiro atoms. The van der Waals surface area contributed by atoms with Crippen LogP contribution in [0.1, 0.15) is 26.2 Å². The summed E-state index contributed by atoms with van der Waals surface area (Å²) in [6.07, 6.45) is 4.23. The molecule has 0 bridgehead atoms. The number of aliphatic hydroxyl groups is 2. The van der Waals surface area contributed by atoms with Crippen LogP contribution in [-0.2, 0) is 19.1 Å². The lowest BCUT2D eigenvalue weighted by atomic mass is 9.85. The van der Waals surface area contributed by atoms with Gasteiger partial charge in [0.25, 0.3) is 0 Å². The molecule has 1 heterocycles. The lowest BCUT2D eigenvalue weighted by molar-refractivity contribution is -0.147. The Hall–Kier alpha value is -2.18. The quantitative estimate of drug-likeness (QED) is 0.455. The van der Waals surface area contributed by atoms with Gasteiger partial charge in [-0.05, 0) is 31.4 Å². The van der Waals surface area contributed by atoms with Gasteiger partial charge in [-0.25, -0.2) is 9.59 Å². The lowest BCUT2D eigenvalue weighted by Gasteiger charge is -2.27. The van der Waals surface area contributed by atoms with Crippen molar-refractivity contribution >= 4 is 11.9 Å². The maximum atomic E-state index is 12.1. The Kier molecular flexibility index (Phi) is 6.33. The van der Waals surface area contributed by atoms with E-state index in [0.29, 0.717) is 12.8 Å². The van der Waals surface area contributed by atoms with E-state index in [1.807, 2.05) is 13.0 Å². The van der Waals surface area contributed by atoms with Gasteiger partial charge in [0.2, 0.25) is 0 Å². The van der Waals surface area contributed by atoms with Gasteiger partial charge in [-0.3, -0.25) is 0 Å². The second-order valence-corrected chi connectivity index (χ2v) is 6.40. The molecule has 0 aromatic rings. The summed E-state index contributed by atoms with van der Waals surface area (Å²) >= 11 is 0. The fraction of sp³-hybridized carbons (Fsp3) is 0.474. The molecule has 0 radical (unpaired) electrons. The summed E-state index contributed by atoms with van der Waals surface area (Å²) in [6, 6.07) is 0. The minimum atomic E-state index is -0.713. The largest absolute Gasteiger partial charge is 0.458 e. The van der Waals surface area contributed by atoms with Crippen molar-refractivity contribution in [1.82, 2.24) is 0 Å². The van der Waals surface area contributed by atoms with E-state index < -0.39 is 36.7 Å². The Morgan fingerprint density at radius 1 is 1.44 bits per heavy atom. The van der Waals surface area contributed by atoms with E-state index in [-0.39, 0.29) is 17.8 Å². The number of hydrogen-bond acceptors (Lipinski definition) is 6. The van der Waals surface area contributed by atoms with Crippen molar-refractivity contribution in [3.8, 4) is 0 Å². The zero-order valence-corrected chi connectivity index (χ0v) is 14.4. The summed E-state index contributed by atoms with van der Waals surface area (Å²) in [6.45, 7) is 8.55. The van der Waals surface area contributed by atoms with Crippen molar-refractivity contribution < 1.29 is 29.3 Å². The first-order valence-electron chi connectivity index (χ1n) is 8.22. The molecule has 2 aliphatic rings. The molecule has 25 heavy (non-hydrogen) atoms. The van der Waals surface area contributed by atoms with Gasteiger partial charge in [-0.1, -0.05) is 24.8 Å². The Morgan fingerprint density at radius 3 is 2.80 bits per heavy atom. The second-order valence-electron chi connectivity index (χ2n) is 6.40. The van der Waals surface area contributed by atoms with Gasteiger partial charge in [0.05, 0.1) is 24.7 Å². The molecule has 1 aliphatic carbocycles. The third-order valence-electron chi connectivity index (χ3n) is 4.48. The van der Waals surface area contributed by atoms with Crippen LogP contribution in [0.3, 0.4) is 0 Å². The van der Waals surface area contributed by atoms with Gasteiger partial charge < -0.3 is 19.7 Å². The predicted octanol–water partition coefficient (Wildman–Crippen LogP) is 1.59. The molecule has 1 saturated heterocycles. The van der Waals surface area contributed by atoms with Gasteiger partial charge in [-0.2, -0.15) is 0 Å². The van der Waals surface area contributed by atoms with Crippen LogP contribution in [0.25, 0.3) is 0 Å². The van der Waals surface area contributed by atoms with E-state index in [0.717, 1.165) is 17.6 Å². The molecule has 3 atom stereocenters. The molecule has 2 N–H and O–H groups in total. The molecule has 3 unspecified atom stereocenters. The van der Waals surface area contributed by atoms with Crippen molar-refractivity contribution in [1.29, 1.82) is 0 Å². The molecule has 0 saturated carbocycles. The lowest BCUT2D eigenvalue weighted by Crippen LogP contribution is -2.34. The molecule has 1 fully saturated rings. The summed E-state index contributed by atoms with van der Waals surface area (Å²) in [7, 11) is 0. The smallest absolute Gasteiger partial charge is 0.336 e. The number of carbonyl (C=O) groups excluding carboxylic acids is 2. The Balaban J connectivity index is 2.38. The molecular weight excluding hydrogens is 324 g/mol. The van der Waals surface area contributed by atoms with Crippen LogP contribution in [0.2, 0.25) is 0 Å². The molecule has 0 aromatic heterocycles. The zero-order valence-electron chi connectivity index (χ0n) is 14.4.